The topological polar surface area (TPSA) is 54.9 Å². The van der Waals surface area contributed by atoms with Crippen molar-refractivity contribution in [3.05, 3.63) is 29.3 Å². The first-order valence-electron chi connectivity index (χ1n) is 8.79. The van der Waals surface area contributed by atoms with Crippen LogP contribution in [-0.4, -0.2) is 39.4 Å². The first-order chi connectivity index (χ1) is 11.5. The molecule has 0 unspecified atom stereocenters. The Hall–Kier alpha value is -1.75. The van der Waals surface area contributed by atoms with Crippen molar-refractivity contribution in [3.8, 4) is 5.75 Å². The minimum atomic E-state index is 0.586. The molecule has 136 valence electrons. The number of rotatable bonds is 10. The Morgan fingerprint density at radius 2 is 2.00 bits per heavy atom. The van der Waals surface area contributed by atoms with E-state index in [9.17, 15) is 0 Å². The molecular weight excluding hydrogens is 302 g/mol. The molecule has 0 aliphatic carbocycles. The Balaban J connectivity index is 2.46. The zero-order chi connectivity index (χ0) is 17.8. The Morgan fingerprint density at radius 3 is 2.67 bits per heavy atom. The molecule has 0 amide bonds. The van der Waals surface area contributed by atoms with Crippen molar-refractivity contribution in [2.24, 2.45) is 10.9 Å². The average molecular weight is 335 g/mol. The fourth-order valence-corrected chi connectivity index (χ4v) is 2.25. The summed E-state index contributed by atoms with van der Waals surface area (Å²) >= 11 is 0. The summed E-state index contributed by atoms with van der Waals surface area (Å²) in [5, 5.41) is 6.62. The fraction of sp³-hybridized carbons (Fsp3) is 0.632. The molecule has 1 aromatic carbocycles. The number of guanidine groups is 1. The molecule has 0 bridgehead atoms. The molecular formula is C19H33N3O2. The van der Waals surface area contributed by atoms with Gasteiger partial charge in [-0.3, -0.25) is 0 Å². The maximum Gasteiger partial charge on any atom is 0.191 e. The van der Waals surface area contributed by atoms with Crippen LogP contribution in [0.15, 0.2) is 23.2 Å². The van der Waals surface area contributed by atoms with E-state index in [2.05, 4.69) is 49.4 Å². The highest BCUT2D eigenvalue weighted by Gasteiger charge is 2.01. The molecule has 0 aliphatic rings. The largest absolute Gasteiger partial charge is 0.497 e. The van der Waals surface area contributed by atoms with Crippen LogP contribution in [0.4, 0.5) is 0 Å². The number of aryl methyl sites for hydroxylation is 1. The van der Waals surface area contributed by atoms with Crippen LogP contribution in [0, 0.1) is 12.8 Å². The standard InChI is InChI=1S/C19H33N3O2/c1-6-20-19(21-8-7-9-24-14-15(2)3)22-13-17-10-16(4)11-18(12-17)23-5/h10-12,15H,6-9,13-14H2,1-5H3,(H2,20,21,22). The molecule has 0 aliphatic heterocycles. The van der Waals surface area contributed by atoms with Gasteiger partial charge in [-0.15, -0.1) is 0 Å². The van der Waals surface area contributed by atoms with Gasteiger partial charge in [0.15, 0.2) is 5.96 Å². The molecule has 0 saturated heterocycles. The highest BCUT2D eigenvalue weighted by molar-refractivity contribution is 5.79. The van der Waals surface area contributed by atoms with Crippen LogP contribution in [0.1, 0.15) is 38.3 Å². The molecule has 0 aromatic heterocycles. The number of aliphatic imine (C=N–C) groups is 1. The Morgan fingerprint density at radius 1 is 1.21 bits per heavy atom. The zero-order valence-corrected chi connectivity index (χ0v) is 15.8. The van der Waals surface area contributed by atoms with E-state index in [1.807, 2.05) is 12.1 Å². The lowest BCUT2D eigenvalue weighted by Crippen LogP contribution is -2.38. The zero-order valence-electron chi connectivity index (χ0n) is 15.8. The van der Waals surface area contributed by atoms with E-state index in [0.29, 0.717) is 12.5 Å². The highest BCUT2D eigenvalue weighted by Crippen LogP contribution is 2.16. The smallest absolute Gasteiger partial charge is 0.191 e. The summed E-state index contributed by atoms with van der Waals surface area (Å²) in [6.07, 6.45) is 0.968. The summed E-state index contributed by atoms with van der Waals surface area (Å²) < 4.78 is 10.9. The fourth-order valence-electron chi connectivity index (χ4n) is 2.25. The van der Waals surface area contributed by atoms with Crippen molar-refractivity contribution < 1.29 is 9.47 Å². The molecule has 0 radical (unpaired) electrons. The van der Waals surface area contributed by atoms with E-state index < -0.39 is 0 Å². The molecule has 0 fully saturated rings. The van der Waals surface area contributed by atoms with Gasteiger partial charge in [-0.05, 0) is 49.4 Å². The van der Waals surface area contributed by atoms with Gasteiger partial charge in [-0.2, -0.15) is 0 Å². The van der Waals surface area contributed by atoms with Gasteiger partial charge in [0.05, 0.1) is 13.7 Å². The molecule has 1 aromatic rings. The Bertz CT molecular complexity index is 501. The number of benzene rings is 1. The third-order valence-electron chi connectivity index (χ3n) is 3.32. The lowest BCUT2D eigenvalue weighted by atomic mass is 10.1. The first-order valence-corrected chi connectivity index (χ1v) is 8.79. The number of methoxy groups -OCH3 is 1. The normalized spacial score (nSPS) is 11.7. The molecule has 5 nitrogen and oxygen atoms in total. The summed E-state index contributed by atoms with van der Waals surface area (Å²) in [4.78, 5) is 4.64. The molecule has 2 N–H and O–H groups in total. The lowest BCUT2D eigenvalue weighted by Gasteiger charge is -2.12. The third kappa shape index (κ3) is 8.77. The number of ether oxygens (including phenoxy) is 2. The van der Waals surface area contributed by atoms with Gasteiger partial charge < -0.3 is 20.1 Å². The van der Waals surface area contributed by atoms with Gasteiger partial charge >= 0.3 is 0 Å². The van der Waals surface area contributed by atoms with E-state index in [-0.39, 0.29) is 0 Å². The van der Waals surface area contributed by atoms with Crippen LogP contribution in [0.25, 0.3) is 0 Å². The Labute approximate surface area is 146 Å². The monoisotopic (exact) mass is 335 g/mol. The van der Waals surface area contributed by atoms with E-state index in [1.54, 1.807) is 7.11 Å². The summed E-state index contributed by atoms with van der Waals surface area (Å²) in [5.74, 6) is 2.30. The molecule has 24 heavy (non-hydrogen) atoms. The van der Waals surface area contributed by atoms with Gasteiger partial charge in [0, 0.05) is 26.3 Å². The second kappa shape index (κ2) is 11.7. The van der Waals surface area contributed by atoms with E-state index in [4.69, 9.17) is 9.47 Å². The van der Waals surface area contributed by atoms with Crippen molar-refractivity contribution in [1.29, 1.82) is 0 Å². The van der Waals surface area contributed by atoms with E-state index >= 15 is 0 Å². The van der Waals surface area contributed by atoms with Crippen LogP contribution in [0.5, 0.6) is 5.75 Å². The van der Waals surface area contributed by atoms with E-state index in [0.717, 1.165) is 50.0 Å². The van der Waals surface area contributed by atoms with Crippen molar-refractivity contribution in [2.75, 3.05) is 33.4 Å². The van der Waals surface area contributed by atoms with Crippen LogP contribution >= 0.6 is 0 Å². The summed E-state index contributed by atoms with van der Waals surface area (Å²) in [5.41, 5.74) is 2.32. The second-order valence-electron chi connectivity index (χ2n) is 6.30. The maximum atomic E-state index is 5.59. The predicted octanol–water partition coefficient (Wildman–Crippen LogP) is 3.12. The van der Waals surface area contributed by atoms with Crippen LogP contribution < -0.4 is 15.4 Å². The van der Waals surface area contributed by atoms with Gasteiger partial charge in [0.25, 0.3) is 0 Å². The molecule has 1 rings (SSSR count). The summed E-state index contributed by atoms with van der Waals surface area (Å²) in [6.45, 7) is 12.4. The Kier molecular flexibility index (Phi) is 9.92. The van der Waals surface area contributed by atoms with Gasteiger partial charge in [-0.25, -0.2) is 4.99 Å². The van der Waals surface area contributed by atoms with Gasteiger partial charge in [-0.1, -0.05) is 19.9 Å². The van der Waals surface area contributed by atoms with Crippen molar-refractivity contribution in [2.45, 2.75) is 40.7 Å². The molecule has 5 heteroatoms. The van der Waals surface area contributed by atoms with Crippen molar-refractivity contribution >= 4 is 5.96 Å². The van der Waals surface area contributed by atoms with E-state index in [1.165, 1.54) is 5.56 Å². The van der Waals surface area contributed by atoms with Crippen LogP contribution in [0.2, 0.25) is 0 Å². The predicted molar refractivity (Wildman–Crippen MR) is 101 cm³/mol. The third-order valence-corrected chi connectivity index (χ3v) is 3.32. The van der Waals surface area contributed by atoms with Gasteiger partial charge in [0.2, 0.25) is 0 Å². The first kappa shape index (κ1) is 20.3. The second-order valence-corrected chi connectivity index (χ2v) is 6.30. The summed E-state index contributed by atoms with van der Waals surface area (Å²) in [7, 11) is 1.69. The quantitative estimate of drug-likeness (QED) is 0.392. The van der Waals surface area contributed by atoms with Crippen LogP contribution in [-0.2, 0) is 11.3 Å². The average Bonchev–Trinajstić information content (AvgIpc) is 2.54. The molecule has 0 atom stereocenters. The number of hydrogen-bond donors (Lipinski definition) is 2. The molecule has 0 saturated carbocycles. The lowest BCUT2D eigenvalue weighted by molar-refractivity contribution is 0.108. The van der Waals surface area contributed by atoms with Crippen molar-refractivity contribution in [1.82, 2.24) is 10.6 Å². The maximum absolute atomic E-state index is 5.59. The number of hydrogen-bond acceptors (Lipinski definition) is 3. The SMILES string of the molecule is CCNC(=NCc1cc(C)cc(OC)c1)NCCCOCC(C)C. The minimum absolute atomic E-state index is 0.586. The number of nitrogens with one attached hydrogen (secondary N) is 2. The molecule has 0 heterocycles. The van der Waals surface area contributed by atoms with Crippen LogP contribution in [0.3, 0.4) is 0 Å². The molecule has 0 spiro atoms. The van der Waals surface area contributed by atoms with Crippen molar-refractivity contribution in [3.63, 3.8) is 0 Å². The summed E-state index contributed by atoms with van der Waals surface area (Å²) in [6, 6.07) is 6.18. The van der Waals surface area contributed by atoms with Gasteiger partial charge in [0.1, 0.15) is 5.75 Å². The highest BCUT2D eigenvalue weighted by atomic mass is 16.5. The number of nitrogens with zero attached hydrogens (tertiary/aromatic N) is 1. The minimum Gasteiger partial charge on any atom is -0.497 e.